The second kappa shape index (κ2) is 6.68. The molecule has 0 bridgehead atoms. The quantitative estimate of drug-likeness (QED) is 0.759. The Morgan fingerprint density at radius 2 is 1.45 bits per heavy atom. The first-order valence-corrected chi connectivity index (χ1v) is 6.55. The molecule has 102 valence electrons. The van der Waals surface area contributed by atoms with Gasteiger partial charge >= 0.3 is 0 Å². The fraction of sp³-hybridized carbons (Fsp3) is 0.0667. The highest BCUT2D eigenvalue weighted by Crippen LogP contribution is 2.11. The van der Waals surface area contributed by atoms with Gasteiger partial charge in [-0.3, -0.25) is 4.79 Å². The molecule has 0 aliphatic carbocycles. The number of amides is 1. The monoisotopic (exact) mass is 285 g/mol. The van der Waals surface area contributed by atoms with Crippen molar-refractivity contribution < 1.29 is 4.79 Å². The Hall–Kier alpha value is -2.40. The summed E-state index contributed by atoms with van der Waals surface area (Å²) < 4.78 is 0. The number of hydrogen-bond donors (Lipinski definition) is 3. The van der Waals surface area contributed by atoms with Crippen molar-refractivity contribution in [2.75, 3.05) is 17.7 Å². The van der Waals surface area contributed by atoms with Crippen LogP contribution in [0.15, 0.2) is 54.6 Å². The van der Waals surface area contributed by atoms with Crippen molar-refractivity contribution in [1.29, 1.82) is 0 Å². The van der Waals surface area contributed by atoms with Crippen LogP contribution in [0.25, 0.3) is 0 Å². The lowest BCUT2D eigenvalue weighted by Crippen LogP contribution is -2.20. The van der Waals surface area contributed by atoms with E-state index in [1.54, 1.807) is 19.2 Å². The molecule has 0 spiro atoms. The van der Waals surface area contributed by atoms with Crippen molar-refractivity contribution in [1.82, 2.24) is 5.32 Å². The van der Waals surface area contributed by atoms with Crippen LogP contribution in [-0.2, 0) is 0 Å². The minimum atomic E-state index is -0.110. The molecule has 0 saturated carbocycles. The SMILES string of the molecule is CNC(=O)c1ccc(NC(=S)Nc2ccccc2)cc1. The molecule has 2 aromatic carbocycles. The lowest BCUT2D eigenvalue weighted by Gasteiger charge is -2.10. The van der Waals surface area contributed by atoms with E-state index in [0.29, 0.717) is 10.7 Å². The third-order valence-corrected chi connectivity index (χ3v) is 2.87. The molecule has 0 aromatic heterocycles. The molecule has 3 N–H and O–H groups in total. The zero-order chi connectivity index (χ0) is 14.4. The summed E-state index contributed by atoms with van der Waals surface area (Å²) in [5.74, 6) is -0.110. The van der Waals surface area contributed by atoms with E-state index in [4.69, 9.17) is 12.2 Å². The van der Waals surface area contributed by atoms with Gasteiger partial charge in [0.2, 0.25) is 0 Å². The van der Waals surface area contributed by atoms with Crippen LogP contribution in [0, 0.1) is 0 Å². The van der Waals surface area contributed by atoms with Crippen LogP contribution in [0.1, 0.15) is 10.4 Å². The lowest BCUT2D eigenvalue weighted by atomic mass is 10.2. The largest absolute Gasteiger partial charge is 0.355 e. The van der Waals surface area contributed by atoms with Crippen LogP contribution in [0.3, 0.4) is 0 Å². The molecule has 0 unspecified atom stereocenters. The van der Waals surface area contributed by atoms with Gasteiger partial charge in [0.05, 0.1) is 0 Å². The van der Waals surface area contributed by atoms with Crippen molar-refractivity contribution in [3.63, 3.8) is 0 Å². The minimum Gasteiger partial charge on any atom is -0.355 e. The van der Waals surface area contributed by atoms with Gasteiger partial charge in [0.25, 0.3) is 5.91 Å². The molecule has 2 aromatic rings. The average Bonchev–Trinajstić information content (AvgIpc) is 2.48. The summed E-state index contributed by atoms with van der Waals surface area (Å²) in [5.41, 5.74) is 2.36. The van der Waals surface area contributed by atoms with Crippen LogP contribution in [0.4, 0.5) is 11.4 Å². The van der Waals surface area contributed by atoms with Crippen molar-refractivity contribution in [2.24, 2.45) is 0 Å². The van der Waals surface area contributed by atoms with Gasteiger partial charge in [-0.1, -0.05) is 18.2 Å². The number of anilines is 2. The number of carbonyl (C=O) groups is 1. The summed E-state index contributed by atoms with van der Waals surface area (Å²) in [7, 11) is 1.60. The summed E-state index contributed by atoms with van der Waals surface area (Å²) >= 11 is 5.22. The summed E-state index contributed by atoms with van der Waals surface area (Å²) in [4.78, 5) is 11.4. The second-order valence-electron chi connectivity index (χ2n) is 4.10. The van der Waals surface area contributed by atoms with Crippen molar-refractivity contribution in [3.05, 3.63) is 60.2 Å². The van der Waals surface area contributed by atoms with E-state index < -0.39 is 0 Å². The number of rotatable bonds is 3. The highest BCUT2D eigenvalue weighted by atomic mass is 32.1. The van der Waals surface area contributed by atoms with Gasteiger partial charge < -0.3 is 16.0 Å². The third-order valence-electron chi connectivity index (χ3n) is 2.66. The standard InChI is InChI=1S/C15H15N3OS/c1-16-14(19)11-7-9-13(10-8-11)18-15(20)17-12-5-3-2-4-6-12/h2-10H,1H3,(H,16,19)(H2,17,18,20). The molecule has 5 heteroatoms. The van der Waals surface area contributed by atoms with E-state index in [1.807, 2.05) is 42.5 Å². The number of thiocarbonyl (C=S) groups is 1. The molecule has 0 atom stereocenters. The highest BCUT2D eigenvalue weighted by Gasteiger charge is 2.03. The molecule has 0 aliphatic heterocycles. The van der Waals surface area contributed by atoms with Crippen molar-refractivity contribution >= 4 is 34.6 Å². The Kier molecular flexibility index (Phi) is 4.68. The molecule has 0 fully saturated rings. The highest BCUT2D eigenvalue weighted by molar-refractivity contribution is 7.80. The molecule has 4 nitrogen and oxygen atoms in total. The smallest absolute Gasteiger partial charge is 0.251 e. The number of benzene rings is 2. The molecular weight excluding hydrogens is 270 g/mol. The van der Waals surface area contributed by atoms with E-state index in [0.717, 1.165) is 11.4 Å². The second-order valence-corrected chi connectivity index (χ2v) is 4.51. The van der Waals surface area contributed by atoms with Crippen LogP contribution >= 0.6 is 12.2 Å². The van der Waals surface area contributed by atoms with Gasteiger partial charge in [0.1, 0.15) is 0 Å². The first-order valence-electron chi connectivity index (χ1n) is 6.14. The maximum atomic E-state index is 11.4. The fourth-order valence-electron chi connectivity index (χ4n) is 1.66. The van der Waals surface area contributed by atoms with Crippen LogP contribution in [0.5, 0.6) is 0 Å². The van der Waals surface area contributed by atoms with Crippen molar-refractivity contribution in [3.8, 4) is 0 Å². The Labute approximate surface area is 123 Å². The normalized spacial score (nSPS) is 9.65. The third kappa shape index (κ3) is 3.80. The Bertz CT molecular complexity index is 596. The molecule has 0 radical (unpaired) electrons. The van der Waals surface area contributed by atoms with E-state index in [-0.39, 0.29) is 5.91 Å². The van der Waals surface area contributed by atoms with Crippen LogP contribution in [-0.4, -0.2) is 18.1 Å². The number of carbonyl (C=O) groups excluding carboxylic acids is 1. The molecule has 20 heavy (non-hydrogen) atoms. The van der Waals surface area contributed by atoms with E-state index in [1.165, 1.54) is 0 Å². The molecule has 0 aliphatic rings. The van der Waals surface area contributed by atoms with Gasteiger partial charge in [-0.2, -0.15) is 0 Å². The fourth-order valence-corrected chi connectivity index (χ4v) is 1.90. The first kappa shape index (κ1) is 14.0. The Morgan fingerprint density at radius 3 is 2.00 bits per heavy atom. The van der Waals surface area contributed by atoms with E-state index >= 15 is 0 Å². The van der Waals surface area contributed by atoms with E-state index in [2.05, 4.69) is 16.0 Å². The first-order chi connectivity index (χ1) is 9.69. The summed E-state index contributed by atoms with van der Waals surface area (Å²) in [6.07, 6.45) is 0. The number of nitrogens with one attached hydrogen (secondary N) is 3. The Balaban J connectivity index is 1.96. The Morgan fingerprint density at radius 1 is 0.900 bits per heavy atom. The van der Waals surface area contributed by atoms with E-state index in [9.17, 15) is 4.79 Å². The van der Waals surface area contributed by atoms with Gasteiger partial charge in [-0.15, -0.1) is 0 Å². The van der Waals surface area contributed by atoms with Crippen LogP contribution < -0.4 is 16.0 Å². The summed E-state index contributed by atoms with van der Waals surface area (Å²) in [6, 6.07) is 16.8. The predicted octanol–water partition coefficient (Wildman–Crippen LogP) is 2.86. The maximum Gasteiger partial charge on any atom is 0.251 e. The minimum absolute atomic E-state index is 0.110. The lowest BCUT2D eigenvalue weighted by molar-refractivity contribution is 0.0963. The molecular formula is C15H15N3OS. The number of hydrogen-bond acceptors (Lipinski definition) is 2. The molecule has 0 heterocycles. The average molecular weight is 285 g/mol. The zero-order valence-corrected chi connectivity index (χ0v) is 11.8. The van der Waals surface area contributed by atoms with Gasteiger partial charge in [-0.05, 0) is 48.6 Å². The molecule has 2 rings (SSSR count). The van der Waals surface area contributed by atoms with Crippen molar-refractivity contribution in [2.45, 2.75) is 0 Å². The van der Waals surface area contributed by atoms with Gasteiger partial charge in [0.15, 0.2) is 5.11 Å². The zero-order valence-electron chi connectivity index (χ0n) is 11.0. The topological polar surface area (TPSA) is 53.2 Å². The predicted molar refractivity (Wildman–Crippen MR) is 86.1 cm³/mol. The summed E-state index contributed by atoms with van der Waals surface area (Å²) in [6.45, 7) is 0. The maximum absolute atomic E-state index is 11.4. The van der Waals surface area contributed by atoms with Gasteiger partial charge in [0, 0.05) is 24.0 Å². The molecule has 0 saturated heterocycles. The van der Waals surface area contributed by atoms with Crippen LogP contribution in [0.2, 0.25) is 0 Å². The van der Waals surface area contributed by atoms with Gasteiger partial charge in [-0.25, -0.2) is 0 Å². The molecule has 1 amide bonds. The number of para-hydroxylation sites is 1. The summed E-state index contributed by atoms with van der Waals surface area (Å²) in [5, 5.41) is 9.22.